The van der Waals surface area contributed by atoms with Gasteiger partial charge in [-0.3, -0.25) is 9.69 Å². The second kappa shape index (κ2) is 7.87. The number of carbonyl (C=O) groups excluding carboxylic acids is 1. The molecule has 1 aromatic carbocycles. The summed E-state index contributed by atoms with van der Waals surface area (Å²) < 4.78 is 5.37. The number of hydrogen-bond acceptors (Lipinski definition) is 4. The summed E-state index contributed by atoms with van der Waals surface area (Å²) in [4.78, 5) is 28.0. The van der Waals surface area contributed by atoms with Crippen LogP contribution in [0, 0.1) is 0 Å². The quantitative estimate of drug-likeness (QED) is 0.908. The maximum Gasteiger partial charge on any atom is 0.410 e. The molecule has 0 aliphatic carbocycles. The predicted octanol–water partition coefficient (Wildman–Crippen LogP) is 2.73. The Hall–Kier alpha value is -2.08. The Morgan fingerprint density at radius 2 is 1.64 bits per heavy atom. The van der Waals surface area contributed by atoms with E-state index in [1.165, 1.54) is 6.42 Å². The van der Waals surface area contributed by atoms with Crippen molar-refractivity contribution in [3.63, 3.8) is 0 Å². The maximum atomic E-state index is 12.3. The lowest BCUT2D eigenvalue weighted by Gasteiger charge is -2.47. The lowest BCUT2D eigenvalue weighted by atomic mass is 9.84. The molecule has 0 unspecified atom stereocenters. The van der Waals surface area contributed by atoms with Gasteiger partial charge in [0.2, 0.25) is 0 Å². The molecule has 2 heterocycles. The summed E-state index contributed by atoms with van der Waals surface area (Å²) >= 11 is 0. The first-order chi connectivity index (χ1) is 12.1. The van der Waals surface area contributed by atoms with Gasteiger partial charge in [0.15, 0.2) is 0 Å². The fourth-order valence-corrected chi connectivity index (χ4v) is 3.86. The van der Waals surface area contributed by atoms with E-state index in [1.807, 2.05) is 30.3 Å². The summed E-state index contributed by atoms with van der Waals surface area (Å²) in [5.74, 6) is -0.758. The monoisotopic (exact) mass is 346 g/mol. The summed E-state index contributed by atoms with van der Waals surface area (Å²) in [6.45, 7) is 2.77. The van der Waals surface area contributed by atoms with E-state index in [2.05, 4.69) is 4.90 Å². The van der Waals surface area contributed by atoms with Crippen molar-refractivity contribution in [2.24, 2.45) is 0 Å². The zero-order valence-electron chi connectivity index (χ0n) is 14.5. The van der Waals surface area contributed by atoms with Crippen molar-refractivity contribution >= 4 is 12.1 Å². The van der Waals surface area contributed by atoms with Crippen LogP contribution in [0.25, 0.3) is 0 Å². The van der Waals surface area contributed by atoms with E-state index in [9.17, 15) is 14.7 Å². The molecule has 0 radical (unpaired) electrons. The Balaban J connectivity index is 1.56. The fourth-order valence-electron chi connectivity index (χ4n) is 3.86. The number of benzene rings is 1. The summed E-state index contributed by atoms with van der Waals surface area (Å²) in [7, 11) is 0. The Bertz CT molecular complexity index is 591. The van der Waals surface area contributed by atoms with Crippen molar-refractivity contribution in [3.8, 4) is 0 Å². The highest BCUT2D eigenvalue weighted by atomic mass is 16.6. The molecule has 2 aliphatic heterocycles. The zero-order chi connectivity index (χ0) is 17.7. The maximum absolute atomic E-state index is 12.3. The molecule has 0 atom stereocenters. The van der Waals surface area contributed by atoms with E-state index in [0.717, 1.165) is 31.5 Å². The van der Waals surface area contributed by atoms with Crippen molar-refractivity contribution in [3.05, 3.63) is 35.9 Å². The minimum Gasteiger partial charge on any atom is -0.480 e. The molecule has 1 amide bonds. The molecule has 1 N–H and O–H groups in total. The van der Waals surface area contributed by atoms with Crippen LogP contribution in [0.4, 0.5) is 4.79 Å². The largest absolute Gasteiger partial charge is 0.480 e. The van der Waals surface area contributed by atoms with Crippen LogP contribution in [0.1, 0.15) is 37.7 Å². The Kier molecular flexibility index (Phi) is 5.58. The third kappa shape index (κ3) is 3.95. The number of likely N-dealkylation sites (tertiary alicyclic amines) is 2. The molecule has 1 aromatic rings. The van der Waals surface area contributed by atoms with Crippen molar-refractivity contribution in [2.75, 3.05) is 26.2 Å². The van der Waals surface area contributed by atoms with E-state index in [0.29, 0.717) is 25.9 Å². The molecule has 0 spiro atoms. The van der Waals surface area contributed by atoms with Gasteiger partial charge >= 0.3 is 12.1 Å². The molecular weight excluding hydrogens is 320 g/mol. The Labute approximate surface area is 148 Å². The molecule has 3 rings (SSSR count). The van der Waals surface area contributed by atoms with E-state index in [-0.39, 0.29) is 12.7 Å². The fraction of sp³-hybridized carbons (Fsp3) is 0.579. The molecule has 136 valence electrons. The summed E-state index contributed by atoms with van der Waals surface area (Å²) in [6.07, 6.45) is 3.84. The highest BCUT2D eigenvalue weighted by Gasteiger charge is 2.47. The van der Waals surface area contributed by atoms with Gasteiger partial charge in [-0.15, -0.1) is 0 Å². The van der Waals surface area contributed by atoms with E-state index < -0.39 is 11.5 Å². The number of hydrogen-bond donors (Lipinski definition) is 1. The van der Waals surface area contributed by atoms with Crippen molar-refractivity contribution in [2.45, 2.75) is 44.2 Å². The van der Waals surface area contributed by atoms with Crippen LogP contribution in [-0.2, 0) is 16.1 Å². The number of ether oxygens (including phenoxy) is 1. The molecule has 6 heteroatoms. The topological polar surface area (TPSA) is 70.1 Å². The Morgan fingerprint density at radius 1 is 1.00 bits per heavy atom. The van der Waals surface area contributed by atoms with Crippen LogP contribution in [-0.4, -0.2) is 58.7 Å². The van der Waals surface area contributed by atoms with Gasteiger partial charge in [0.1, 0.15) is 12.1 Å². The number of amides is 1. The molecule has 2 aliphatic rings. The molecule has 2 fully saturated rings. The van der Waals surface area contributed by atoms with Gasteiger partial charge in [0, 0.05) is 13.1 Å². The molecule has 6 nitrogen and oxygen atoms in total. The minimum absolute atomic E-state index is 0.242. The standard InChI is InChI=1S/C19H26N2O4/c22-17(23)19(21-11-5-2-6-12-21)9-13-20(14-10-19)18(24)25-15-16-7-3-1-4-8-16/h1,3-4,7-8H,2,5-6,9-15H2,(H,22,23). The van der Waals surface area contributed by atoms with Crippen LogP contribution in [0.15, 0.2) is 30.3 Å². The minimum atomic E-state index is -0.823. The van der Waals surface area contributed by atoms with Gasteiger partial charge in [-0.2, -0.15) is 0 Å². The van der Waals surface area contributed by atoms with Crippen molar-refractivity contribution in [1.29, 1.82) is 0 Å². The average Bonchev–Trinajstić information content (AvgIpc) is 2.67. The van der Waals surface area contributed by atoms with Crippen LogP contribution in [0.2, 0.25) is 0 Å². The normalized spacial score (nSPS) is 20.9. The van der Waals surface area contributed by atoms with Crippen molar-refractivity contribution < 1.29 is 19.4 Å². The first-order valence-corrected chi connectivity index (χ1v) is 9.06. The first-order valence-electron chi connectivity index (χ1n) is 9.06. The third-order valence-corrected chi connectivity index (χ3v) is 5.41. The van der Waals surface area contributed by atoms with Crippen LogP contribution in [0.5, 0.6) is 0 Å². The first kappa shape index (κ1) is 17.7. The van der Waals surface area contributed by atoms with E-state index >= 15 is 0 Å². The second-order valence-electron chi connectivity index (χ2n) is 6.91. The van der Waals surface area contributed by atoms with Gasteiger partial charge in [-0.25, -0.2) is 4.79 Å². The highest BCUT2D eigenvalue weighted by Crippen LogP contribution is 2.32. The van der Waals surface area contributed by atoms with E-state index in [1.54, 1.807) is 4.90 Å². The summed E-state index contributed by atoms with van der Waals surface area (Å²) in [5, 5.41) is 9.84. The number of carboxylic acids is 1. The van der Waals surface area contributed by atoms with Crippen LogP contribution < -0.4 is 0 Å². The number of carboxylic acid groups (broad SMARTS) is 1. The van der Waals surface area contributed by atoms with Gasteiger partial charge in [-0.1, -0.05) is 36.8 Å². The number of rotatable bonds is 4. The van der Waals surface area contributed by atoms with Gasteiger partial charge in [0.25, 0.3) is 0 Å². The smallest absolute Gasteiger partial charge is 0.410 e. The molecule has 0 aromatic heterocycles. The van der Waals surface area contributed by atoms with Gasteiger partial charge in [-0.05, 0) is 44.3 Å². The third-order valence-electron chi connectivity index (χ3n) is 5.41. The average molecular weight is 346 g/mol. The summed E-state index contributed by atoms with van der Waals surface area (Å²) in [5.41, 5.74) is 0.123. The van der Waals surface area contributed by atoms with Crippen LogP contribution >= 0.6 is 0 Å². The summed E-state index contributed by atoms with van der Waals surface area (Å²) in [6, 6.07) is 9.56. The molecule has 25 heavy (non-hydrogen) atoms. The molecule has 0 saturated carbocycles. The molecule has 2 saturated heterocycles. The molecular formula is C19H26N2O4. The van der Waals surface area contributed by atoms with Gasteiger partial charge < -0.3 is 14.7 Å². The number of nitrogens with zero attached hydrogens (tertiary/aromatic N) is 2. The molecule has 0 bridgehead atoms. The lowest BCUT2D eigenvalue weighted by Crippen LogP contribution is -2.61. The highest BCUT2D eigenvalue weighted by molar-refractivity contribution is 5.79. The van der Waals surface area contributed by atoms with Gasteiger partial charge in [0.05, 0.1) is 0 Å². The van der Waals surface area contributed by atoms with E-state index in [4.69, 9.17) is 4.74 Å². The Morgan fingerprint density at radius 3 is 2.24 bits per heavy atom. The number of aliphatic carboxylic acids is 1. The number of piperidine rings is 2. The van der Waals surface area contributed by atoms with Crippen LogP contribution in [0.3, 0.4) is 0 Å². The lowest BCUT2D eigenvalue weighted by molar-refractivity contribution is -0.156. The zero-order valence-corrected chi connectivity index (χ0v) is 14.5. The number of carbonyl (C=O) groups is 2. The second-order valence-corrected chi connectivity index (χ2v) is 6.91. The van der Waals surface area contributed by atoms with Crippen molar-refractivity contribution in [1.82, 2.24) is 9.80 Å². The SMILES string of the molecule is O=C(OCc1ccccc1)N1CCC(C(=O)O)(N2CCCCC2)CC1. The predicted molar refractivity (Wildman–Crippen MR) is 93.2 cm³/mol.